The van der Waals surface area contributed by atoms with E-state index >= 15 is 0 Å². The molecule has 0 aliphatic rings. The lowest BCUT2D eigenvalue weighted by molar-refractivity contribution is 0.451. The van der Waals surface area contributed by atoms with Crippen LogP contribution in [0.1, 0.15) is 44.2 Å². The Balaban J connectivity index is 1.89. The molecule has 4 rings (SSSR count). The zero-order valence-corrected chi connectivity index (χ0v) is 19.6. The molecule has 31 heavy (non-hydrogen) atoms. The Labute approximate surface area is 196 Å². The predicted molar refractivity (Wildman–Crippen MR) is 125 cm³/mol. The SMILES string of the molecule is CCCC(C)c1nnc(-c2nc(-c3ccc(Cl)cc3Cl)n(-c3ccc(Cl)cc3)c2C)o1. The minimum Gasteiger partial charge on any atom is -0.419 e. The van der Waals surface area contributed by atoms with Crippen molar-refractivity contribution in [3.63, 3.8) is 0 Å². The van der Waals surface area contributed by atoms with Gasteiger partial charge in [-0.3, -0.25) is 4.57 Å². The van der Waals surface area contributed by atoms with Gasteiger partial charge in [0.25, 0.3) is 5.89 Å². The van der Waals surface area contributed by atoms with Gasteiger partial charge in [0.2, 0.25) is 5.89 Å². The lowest BCUT2D eigenvalue weighted by Gasteiger charge is -2.11. The molecule has 0 N–H and O–H groups in total. The summed E-state index contributed by atoms with van der Waals surface area (Å²) in [6.07, 6.45) is 2.02. The number of aromatic nitrogens is 4. The smallest absolute Gasteiger partial charge is 0.268 e. The van der Waals surface area contributed by atoms with E-state index in [0.29, 0.717) is 38.4 Å². The van der Waals surface area contributed by atoms with E-state index in [1.807, 2.05) is 41.8 Å². The molecule has 0 saturated carbocycles. The third-order valence-corrected chi connectivity index (χ3v) is 5.95. The van der Waals surface area contributed by atoms with Crippen LogP contribution in [0.4, 0.5) is 0 Å². The molecular formula is C23H21Cl3N4O. The number of hydrogen-bond donors (Lipinski definition) is 0. The Morgan fingerprint density at radius 3 is 2.39 bits per heavy atom. The highest BCUT2D eigenvalue weighted by Gasteiger charge is 2.24. The van der Waals surface area contributed by atoms with Gasteiger partial charge in [0.05, 0.1) is 10.7 Å². The second-order valence-corrected chi connectivity index (χ2v) is 8.72. The fourth-order valence-corrected chi connectivity index (χ4v) is 4.17. The largest absolute Gasteiger partial charge is 0.419 e. The van der Waals surface area contributed by atoms with Crippen molar-refractivity contribution >= 4 is 34.8 Å². The quantitative estimate of drug-likeness (QED) is 0.286. The van der Waals surface area contributed by atoms with Gasteiger partial charge in [0.1, 0.15) is 11.5 Å². The zero-order valence-electron chi connectivity index (χ0n) is 17.4. The minimum absolute atomic E-state index is 0.190. The van der Waals surface area contributed by atoms with Crippen molar-refractivity contribution in [2.75, 3.05) is 0 Å². The Hall–Kier alpha value is -2.34. The van der Waals surface area contributed by atoms with Gasteiger partial charge < -0.3 is 4.42 Å². The van der Waals surface area contributed by atoms with Gasteiger partial charge in [-0.25, -0.2) is 4.98 Å². The van der Waals surface area contributed by atoms with E-state index in [2.05, 4.69) is 24.0 Å². The number of hydrogen-bond acceptors (Lipinski definition) is 4. The first-order valence-corrected chi connectivity index (χ1v) is 11.2. The molecule has 1 unspecified atom stereocenters. The van der Waals surface area contributed by atoms with Crippen LogP contribution in [-0.4, -0.2) is 19.7 Å². The van der Waals surface area contributed by atoms with Crippen LogP contribution in [0.5, 0.6) is 0 Å². The summed E-state index contributed by atoms with van der Waals surface area (Å²) in [4.78, 5) is 4.86. The van der Waals surface area contributed by atoms with Gasteiger partial charge in [-0.15, -0.1) is 10.2 Å². The first kappa shape index (κ1) is 21.9. The normalized spacial score (nSPS) is 12.3. The highest BCUT2D eigenvalue weighted by molar-refractivity contribution is 6.36. The first-order chi connectivity index (χ1) is 14.9. The molecule has 2 heterocycles. The molecule has 0 saturated heterocycles. The van der Waals surface area contributed by atoms with Gasteiger partial charge in [-0.1, -0.05) is 55.1 Å². The highest BCUT2D eigenvalue weighted by atomic mass is 35.5. The second kappa shape index (κ2) is 9.03. The Morgan fingerprint density at radius 2 is 1.71 bits per heavy atom. The van der Waals surface area contributed by atoms with E-state index in [9.17, 15) is 0 Å². The molecule has 4 aromatic rings. The number of benzene rings is 2. The maximum absolute atomic E-state index is 6.53. The molecule has 5 nitrogen and oxygen atoms in total. The van der Waals surface area contributed by atoms with Crippen LogP contribution >= 0.6 is 34.8 Å². The van der Waals surface area contributed by atoms with Crippen LogP contribution in [0.3, 0.4) is 0 Å². The Bertz CT molecular complexity index is 1210. The van der Waals surface area contributed by atoms with Crippen LogP contribution in [0, 0.1) is 6.92 Å². The molecule has 0 aliphatic heterocycles. The van der Waals surface area contributed by atoms with E-state index in [4.69, 9.17) is 44.2 Å². The molecule has 0 amide bonds. The zero-order chi connectivity index (χ0) is 22.1. The summed E-state index contributed by atoms with van der Waals surface area (Å²) in [6.45, 7) is 6.18. The van der Waals surface area contributed by atoms with Crippen molar-refractivity contribution in [1.82, 2.24) is 19.7 Å². The molecule has 2 aromatic carbocycles. The summed E-state index contributed by atoms with van der Waals surface area (Å²) < 4.78 is 8.00. The van der Waals surface area contributed by atoms with Gasteiger partial charge >= 0.3 is 0 Å². The van der Waals surface area contributed by atoms with Gasteiger partial charge in [0.15, 0.2) is 0 Å². The number of rotatable bonds is 6. The van der Waals surface area contributed by atoms with Gasteiger partial charge in [0, 0.05) is 27.2 Å². The molecule has 0 fully saturated rings. The van der Waals surface area contributed by atoms with Crippen LogP contribution in [0.15, 0.2) is 46.9 Å². The monoisotopic (exact) mass is 474 g/mol. The summed E-state index contributed by atoms with van der Waals surface area (Å²) >= 11 is 18.7. The summed E-state index contributed by atoms with van der Waals surface area (Å²) in [6, 6.07) is 12.9. The fourth-order valence-electron chi connectivity index (χ4n) is 3.55. The van der Waals surface area contributed by atoms with Crippen LogP contribution in [-0.2, 0) is 0 Å². The van der Waals surface area contributed by atoms with Crippen molar-refractivity contribution < 1.29 is 4.42 Å². The van der Waals surface area contributed by atoms with Crippen molar-refractivity contribution in [3.8, 4) is 28.7 Å². The Morgan fingerprint density at radius 1 is 1.00 bits per heavy atom. The Kier molecular flexibility index (Phi) is 6.37. The average molecular weight is 476 g/mol. The van der Waals surface area contributed by atoms with Crippen molar-refractivity contribution in [3.05, 3.63) is 69.1 Å². The molecule has 160 valence electrons. The van der Waals surface area contributed by atoms with Crippen LogP contribution in [0.2, 0.25) is 15.1 Å². The highest BCUT2D eigenvalue weighted by Crippen LogP contribution is 2.36. The molecular weight excluding hydrogens is 455 g/mol. The molecule has 0 aliphatic carbocycles. The predicted octanol–water partition coefficient (Wildman–Crippen LogP) is 7.76. The molecule has 2 aromatic heterocycles. The maximum Gasteiger partial charge on any atom is 0.268 e. The third kappa shape index (κ3) is 4.36. The van der Waals surface area contributed by atoms with Crippen LogP contribution < -0.4 is 0 Å². The molecule has 8 heteroatoms. The van der Waals surface area contributed by atoms with E-state index < -0.39 is 0 Å². The molecule has 0 spiro atoms. The topological polar surface area (TPSA) is 56.7 Å². The van der Waals surface area contributed by atoms with Gasteiger partial charge in [-0.2, -0.15) is 0 Å². The molecule has 1 atom stereocenters. The van der Waals surface area contributed by atoms with Crippen molar-refractivity contribution in [1.29, 1.82) is 0 Å². The van der Waals surface area contributed by atoms with E-state index in [1.54, 1.807) is 12.1 Å². The standard InChI is InChI=1S/C23H21Cl3N4O/c1-4-5-13(2)22-28-29-23(31-22)20-14(3)30(17-9-6-15(24)7-10-17)21(27-20)18-11-8-16(25)12-19(18)26/h6-13H,4-5H2,1-3H3. The number of imidazole rings is 1. The lowest BCUT2D eigenvalue weighted by atomic mass is 10.1. The first-order valence-electron chi connectivity index (χ1n) is 10.0. The van der Waals surface area contributed by atoms with Crippen molar-refractivity contribution in [2.24, 2.45) is 0 Å². The van der Waals surface area contributed by atoms with Crippen molar-refractivity contribution in [2.45, 2.75) is 39.5 Å². The average Bonchev–Trinajstić information content (AvgIpc) is 3.34. The fraction of sp³-hybridized carbons (Fsp3) is 0.261. The van der Waals surface area contributed by atoms with E-state index in [-0.39, 0.29) is 5.92 Å². The number of nitrogens with zero attached hydrogens (tertiary/aromatic N) is 4. The maximum atomic E-state index is 6.53. The van der Waals surface area contributed by atoms with E-state index in [1.165, 1.54) is 0 Å². The summed E-state index contributed by atoms with van der Waals surface area (Å²) in [5.41, 5.74) is 3.09. The molecule has 0 bridgehead atoms. The molecule has 0 radical (unpaired) electrons. The number of halogens is 3. The van der Waals surface area contributed by atoms with E-state index in [0.717, 1.165) is 29.8 Å². The van der Waals surface area contributed by atoms with Crippen LogP contribution in [0.25, 0.3) is 28.7 Å². The third-order valence-electron chi connectivity index (χ3n) is 5.15. The van der Waals surface area contributed by atoms with Gasteiger partial charge in [-0.05, 0) is 55.8 Å². The minimum atomic E-state index is 0.190. The summed E-state index contributed by atoms with van der Waals surface area (Å²) in [7, 11) is 0. The second-order valence-electron chi connectivity index (χ2n) is 7.44. The lowest BCUT2D eigenvalue weighted by Crippen LogP contribution is -2.00. The summed E-state index contributed by atoms with van der Waals surface area (Å²) in [5.74, 6) is 1.84. The summed E-state index contributed by atoms with van der Waals surface area (Å²) in [5, 5.41) is 10.2.